The van der Waals surface area contributed by atoms with E-state index in [9.17, 15) is 0 Å². The van der Waals surface area contributed by atoms with Gasteiger partial charge in [-0.25, -0.2) is 0 Å². The summed E-state index contributed by atoms with van der Waals surface area (Å²) in [7, 11) is 0. The maximum Gasteiger partial charge on any atom is 0.268 e. The van der Waals surface area contributed by atoms with Crippen molar-refractivity contribution < 1.29 is 9.26 Å². The van der Waals surface area contributed by atoms with E-state index < -0.39 is 0 Å². The SMILES string of the molecule is CCCOCC(N)c1noc(-c2ccc(CC)s2)n1. The fraction of sp³-hybridized carbons (Fsp3) is 0.538. The van der Waals surface area contributed by atoms with Crippen LogP contribution in [0.1, 0.15) is 37.0 Å². The molecule has 104 valence electrons. The van der Waals surface area contributed by atoms with Crippen LogP contribution in [-0.2, 0) is 11.2 Å². The summed E-state index contributed by atoms with van der Waals surface area (Å²) in [6.45, 7) is 5.29. The Hall–Kier alpha value is -1.24. The van der Waals surface area contributed by atoms with Crippen molar-refractivity contribution in [2.24, 2.45) is 5.73 Å². The average molecular weight is 281 g/mol. The molecule has 2 N–H and O–H groups in total. The first-order chi connectivity index (χ1) is 9.24. The number of thiophene rings is 1. The van der Waals surface area contributed by atoms with Crippen molar-refractivity contribution >= 4 is 11.3 Å². The van der Waals surface area contributed by atoms with Crippen molar-refractivity contribution in [3.63, 3.8) is 0 Å². The third-order valence-electron chi connectivity index (χ3n) is 2.64. The quantitative estimate of drug-likeness (QED) is 0.790. The van der Waals surface area contributed by atoms with Gasteiger partial charge in [-0.2, -0.15) is 4.98 Å². The van der Waals surface area contributed by atoms with Crippen molar-refractivity contribution in [3.8, 4) is 10.8 Å². The maximum absolute atomic E-state index is 5.95. The van der Waals surface area contributed by atoms with E-state index in [1.165, 1.54) is 4.88 Å². The van der Waals surface area contributed by atoms with E-state index in [0.717, 1.165) is 17.7 Å². The van der Waals surface area contributed by atoms with Crippen molar-refractivity contribution in [3.05, 3.63) is 22.8 Å². The summed E-state index contributed by atoms with van der Waals surface area (Å²) in [4.78, 5) is 6.61. The van der Waals surface area contributed by atoms with E-state index in [-0.39, 0.29) is 6.04 Å². The molecule has 1 atom stereocenters. The lowest BCUT2D eigenvalue weighted by molar-refractivity contribution is 0.119. The molecule has 6 heteroatoms. The summed E-state index contributed by atoms with van der Waals surface area (Å²) in [5.41, 5.74) is 5.95. The lowest BCUT2D eigenvalue weighted by atomic mass is 10.3. The van der Waals surface area contributed by atoms with Crippen molar-refractivity contribution in [2.45, 2.75) is 32.7 Å². The zero-order chi connectivity index (χ0) is 13.7. The molecular formula is C13H19N3O2S. The Morgan fingerprint density at radius 2 is 2.26 bits per heavy atom. The highest BCUT2D eigenvalue weighted by Crippen LogP contribution is 2.27. The molecule has 2 aromatic rings. The molecule has 2 heterocycles. The number of aromatic nitrogens is 2. The Labute approximate surface area is 116 Å². The zero-order valence-corrected chi connectivity index (χ0v) is 12.1. The molecule has 2 rings (SSSR count). The Morgan fingerprint density at radius 1 is 1.42 bits per heavy atom. The van der Waals surface area contributed by atoms with Crippen molar-refractivity contribution in [1.29, 1.82) is 0 Å². The molecule has 0 aromatic carbocycles. The third-order valence-corrected chi connectivity index (χ3v) is 3.86. The van der Waals surface area contributed by atoms with Gasteiger partial charge in [-0.1, -0.05) is 19.0 Å². The fourth-order valence-electron chi connectivity index (χ4n) is 1.60. The Balaban J connectivity index is 2.01. The molecule has 0 spiro atoms. The van der Waals surface area contributed by atoms with Gasteiger partial charge >= 0.3 is 0 Å². The van der Waals surface area contributed by atoms with Crippen LogP contribution in [0.4, 0.5) is 0 Å². The number of nitrogens with zero attached hydrogens (tertiary/aromatic N) is 2. The number of hydrogen-bond acceptors (Lipinski definition) is 6. The van der Waals surface area contributed by atoms with Crippen molar-refractivity contribution in [1.82, 2.24) is 10.1 Å². The number of hydrogen-bond donors (Lipinski definition) is 1. The minimum absolute atomic E-state index is 0.338. The Morgan fingerprint density at radius 3 is 2.95 bits per heavy atom. The summed E-state index contributed by atoms with van der Waals surface area (Å²) in [6.07, 6.45) is 1.98. The second-order valence-corrected chi connectivity index (χ2v) is 5.43. The van der Waals surface area contributed by atoms with Gasteiger partial charge in [-0.05, 0) is 25.0 Å². The van der Waals surface area contributed by atoms with E-state index in [1.54, 1.807) is 11.3 Å². The van der Waals surface area contributed by atoms with Crippen LogP contribution in [0.3, 0.4) is 0 Å². The fourth-order valence-corrected chi connectivity index (χ4v) is 2.47. The van der Waals surface area contributed by atoms with Crippen LogP contribution in [0.2, 0.25) is 0 Å². The molecule has 19 heavy (non-hydrogen) atoms. The van der Waals surface area contributed by atoms with Crippen LogP contribution in [0.25, 0.3) is 10.8 Å². The zero-order valence-electron chi connectivity index (χ0n) is 11.3. The molecule has 0 amide bonds. The van der Waals surface area contributed by atoms with Crippen LogP contribution < -0.4 is 5.73 Å². The van der Waals surface area contributed by atoms with Crippen LogP contribution in [0.15, 0.2) is 16.7 Å². The summed E-state index contributed by atoms with van der Waals surface area (Å²) in [6, 6.07) is 3.74. The van der Waals surface area contributed by atoms with Gasteiger partial charge in [0.25, 0.3) is 5.89 Å². The third kappa shape index (κ3) is 3.62. The van der Waals surface area contributed by atoms with Gasteiger partial charge in [0.05, 0.1) is 17.5 Å². The summed E-state index contributed by atoms with van der Waals surface area (Å²) in [5.74, 6) is 1.03. The normalized spacial score (nSPS) is 12.8. The number of ether oxygens (including phenoxy) is 1. The Bertz CT molecular complexity index is 509. The molecule has 5 nitrogen and oxygen atoms in total. The molecule has 0 saturated heterocycles. The lowest BCUT2D eigenvalue weighted by Crippen LogP contribution is -2.18. The highest BCUT2D eigenvalue weighted by atomic mass is 32.1. The second kappa shape index (κ2) is 6.79. The molecule has 0 aliphatic carbocycles. The molecule has 0 radical (unpaired) electrons. The topological polar surface area (TPSA) is 74.2 Å². The molecule has 1 unspecified atom stereocenters. The van der Waals surface area contributed by atoms with E-state index in [4.69, 9.17) is 15.0 Å². The van der Waals surface area contributed by atoms with Crippen LogP contribution in [0, 0.1) is 0 Å². The highest BCUT2D eigenvalue weighted by molar-refractivity contribution is 7.15. The van der Waals surface area contributed by atoms with Gasteiger partial charge < -0.3 is 15.0 Å². The van der Waals surface area contributed by atoms with Gasteiger partial charge in [0.2, 0.25) is 0 Å². The maximum atomic E-state index is 5.95. The first kappa shape index (κ1) is 14.2. The number of rotatable bonds is 7. The van der Waals surface area contributed by atoms with Gasteiger partial charge in [-0.3, -0.25) is 0 Å². The highest BCUT2D eigenvalue weighted by Gasteiger charge is 2.16. The largest absolute Gasteiger partial charge is 0.379 e. The molecule has 2 aromatic heterocycles. The molecule has 0 aliphatic heterocycles. The van der Waals surface area contributed by atoms with Gasteiger partial charge in [-0.15, -0.1) is 11.3 Å². The number of aryl methyl sites for hydroxylation is 1. The molecule has 0 aliphatic rings. The first-order valence-electron chi connectivity index (χ1n) is 6.50. The molecule has 0 fully saturated rings. The first-order valence-corrected chi connectivity index (χ1v) is 7.32. The minimum Gasteiger partial charge on any atom is -0.379 e. The van der Waals surface area contributed by atoms with Crippen molar-refractivity contribution in [2.75, 3.05) is 13.2 Å². The monoisotopic (exact) mass is 281 g/mol. The van der Waals surface area contributed by atoms with Crippen LogP contribution in [0.5, 0.6) is 0 Å². The van der Waals surface area contributed by atoms with Gasteiger partial charge in [0, 0.05) is 11.5 Å². The van der Waals surface area contributed by atoms with E-state index in [2.05, 4.69) is 30.1 Å². The second-order valence-electron chi connectivity index (χ2n) is 4.26. The summed E-state index contributed by atoms with van der Waals surface area (Å²) >= 11 is 1.66. The molecule has 0 bridgehead atoms. The average Bonchev–Trinajstić information content (AvgIpc) is 3.07. The smallest absolute Gasteiger partial charge is 0.268 e. The summed E-state index contributed by atoms with van der Waals surface area (Å²) < 4.78 is 10.6. The summed E-state index contributed by atoms with van der Waals surface area (Å²) in [5, 5.41) is 3.92. The number of nitrogens with two attached hydrogens (primary N) is 1. The van der Waals surface area contributed by atoms with E-state index in [0.29, 0.717) is 24.9 Å². The van der Waals surface area contributed by atoms with Crippen LogP contribution >= 0.6 is 11.3 Å². The molecular weight excluding hydrogens is 262 g/mol. The minimum atomic E-state index is -0.338. The van der Waals surface area contributed by atoms with Crippen LogP contribution in [-0.4, -0.2) is 23.4 Å². The van der Waals surface area contributed by atoms with Gasteiger partial charge in [0.15, 0.2) is 5.82 Å². The molecule has 0 saturated carbocycles. The lowest BCUT2D eigenvalue weighted by Gasteiger charge is -2.06. The standard InChI is InChI=1S/C13H19N3O2S/c1-3-7-17-8-10(14)12-15-13(18-16-12)11-6-5-9(4-2)19-11/h5-6,10H,3-4,7-8,14H2,1-2H3. The van der Waals surface area contributed by atoms with E-state index >= 15 is 0 Å². The van der Waals surface area contributed by atoms with E-state index in [1.807, 2.05) is 6.07 Å². The predicted octanol–water partition coefficient (Wildman–Crippen LogP) is 2.79. The predicted molar refractivity (Wildman–Crippen MR) is 75.0 cm³/mol. The van der Waals surface area contributed by atoms with Gasteiger partial charge in [0.1, 0.15) is 0 Å². The Kier molecular flexibility index (Phi) is 5.07.